The lowest BCUT2D eigenvalue weighted by molar-refractivity contribution is -0.540. The van der Waals surface area contributed by atoms with Gasteiger partial charge in [-0.3, -0.25) is 4.98 Å². The van der Waals surface area contributed by atoms with E-state index >= 15 is 0 Å². The van der Waals surface area contributed by atoms with Crippen molar-refractivity contribution < 1.29 is 4.76 Å². The van der Waals surface area contributed by atoms with E-state index in [9.17, 15) is 4.91 Å². The van der Waals surface area contributed by atoms with E-state index in [2.05, 4.69) is 4.98 Å². The molecular formula is C15H17N2O+. The molecular weight excluding hydrogens is 224 g/mol. The summed E-state index contributed by atoms with van der Waals surface area (Å²) in [4.78, 5) is 16.2. The zero-order valence-electron chi connectivity index (χ0n) is 10.9. The Kier molecular flexibility index (Phi) is 3.24. The van der Waals surface area contributed by atoms with Crippen LogP contribution in [0.5, 0.6) is 0 Å². The highest BCUT2D eigenvalue weighted by Crippen LogP contribution is 2.26. The number of pyridine rings is 1. The van der Waals surface area contributed by atoms with E-state index < -0.39 is 5.54 Å². The molecule has 0 aliphatic heterocycles. The lowest BCUT2D eigenvalue weighted by atomic mass is 10.0. The molecule has 0 aliphatic rings. The second-order valence-corrected chi connectivity index (χ2v) is 5.26. The van der Waals surface area contributed by atoms with Gasteiger partial charge in [0.25, 0.3) is 5.69 Å². The standard InChI is InChI=1S/C15H17N2O/c1-15(2,3)17(18)14-8-4-6-12(10-14)13-7-5-9-16-11-13/h4-11H,1-3H3/q+1. The Morgan fingerprint density at radius 3 is 2.39 bits per heavy atom. The van der Waals surface area contributed by atoms with Gasteiger partial charge in [0.05, 0.1) is 0 Å². The zero-order valence-corrected chi connectivity index (χ0v) is 10.9. The summed E-state index contributed by atoms with van der Waals surface area (Å²) < 4.78 is 1.03. The van der Waals surface area contributed by atoms with Crippen LogP contribution in [0.3, 0.4) is 0 Å². The van der Waals surface area contributed by atoms with E-state index in [1.807, 2.05) is 57.2 Å². The first-order valence-corrected chi connectivity index (χ1v) is 5.96. The molecule has 18 heavy (non-hydrogen) atoms. The number of rotatable bonds is 2. The van der Waals surface area contributed by atoms with E-state index in [1.165, 1.54) is 0 Å². The van der Waals surface area contributed by atoms with E-state index in [1.54, 1.807) is 12.4 Å². The minimum Gasteiger partial charge on any atom is -0.264 e. The van der Waals surface area contributed by atoms with E-state index in [0.717, 1.165) is 15.9 Å². The lowest BCUT2D eigenvalue weighted by Gasteiger charge is -2.09. The molecule has 0 aliphatic carbocycles. The van der Waals surface area contributed by atoms with Gasteiger partial charge in [0.2, 0.25) is 5.54 Å². The van der Waals surface area contributed by atoms with Crippen molar-refractivity contribution in [1.29, 1.82) is 0 Å². The maximum absolute atomic E-state index is 12.2. The van der Waals surface area contributed by atoms with Crippen LogP contribution in [0.2, 0.25) is 0 Å². The van der Waals surface area contributed by atoms with E-state index in [-0.39, 0.29) is 0 Å². The maximum atomic E-state index is 12.2. The van der Waals surface area contributed by atoms with Crippen molar-refractivity contribution in [3.8, 4) is 11.1 Å². The summed E-state index contributed by atoms with van der Waals surface area (Å²) in [5, 5.41) is 0. The van der Waals surface area contributed by atoms with E-state index in [0.29, 0.717) is 5.69 Å². The second-order valence-electron chi connectivity index (χ2n) is 5.26. The van der Waals surface area contributed by atoms with Crippen LogP contribution in [0.1, 0.15) is 20.8 Å². The first-order valence-electron chi connectivity index (χ1n) is 5.96. The van der Waals surface area contributed by atoms with Crippen LogP contribution in [0.4, 0.5) is 5.69 Å². The lowest BCUT2D eigenvalue weighted by Crippen LogP contribution is -2.26. The van der Waals surface area contributed by atoms with Crippen LogP contribution >= 0.6 is 0 Å². The molecule has 0 atom stereocenters. The monoisotopic (exact) mass is 241 g/mol. The van der Waals surface area contributed by atoms with Gasteiger partial charge in [-0.05, 0) is 11.6 Å². The predicted octanol–water partition coefficient (Wildman–Crippen LogP) is 3.96. The van der Waals surface area contributed by atoms with Crippen LogP contribution in [0.25, 0.3) is 11.1 Å². The van der Waals surface area contributed by atoms with Gasteiger partial charge in [0, 0.05) is 60.5 Å². The minimum absolute atomic E-state index is 0.437. The SMILES string of the molecule is CC(C)(C)[N+](=O)c1cccc(-c2cccnc2)c1. The number of nitrogens with zero attached hydrogens (tertiary/aromatic N) is 2. The fourth-order valence-electron chi connectivity index (χ4n) is 1.73. The summed E-state index contributed by atoms with van der Waals surface area (Å²) in [7, 11) is 0. The first kappa shape index (κ1) is 12.4. The Bertz CT molecular complexity index is 556. The normalized spacial score (nSPS) is 11.3. The number of aromatic nitrogens is 1. The molecule has 1 aromatic carbocycles. The first-order chi connectivity index (χ1) is 8.48. The average molecular weight is 241 g/mol. The molecule has 0 amide bonds. The van der Waals surface area contributed by atoms with Crippen molar-refractivity contribution in [2.24, 2.45) is 0 Å². The van der Waals surface area contributed by atoms with E-state index in [4.69, 9.17) is 0 Å². The third-order valence-electron chi connectivity index (χ3n) is 2.68. The number of hydrogen-bond donors (Lipinski definition) is 0. The third-order valence-corrected chi connectivity index (χ3v) is 2.68. The van der Waals surface area contributed by atoms with Gasteiger partial charge in [-0.25, -0.2) is 0 Å². The minimum atomic E-state index is -0.437. The fourth-order valence-corrected chi connectivity index (χ4v) is 1.73. The van der Waals surface area contributed by atoms with Crippen molar-refractivity contribution in [2.75, 3.05) is 0 Å². The van der Waals surface area contributed by atoms with Crippen LogP contribution in [0, 0.1) is 4.91 Å². The average Bonchev–Trinajstić information content (AvgIpc) is 2.38. The summed E-state index contributed by atoms with van der Waals surface area (Å²) in [6.07, 6.45) is 3.54. The molecule has 0 saturated heterocycles. The molecule has 0 fully saturated rings. The zero-order chi connectivity index (χ0) is 13.2. The highest BCUT2D eigenvalue weighted by Gasteiger charge is 2.31. The molecule has 1 aromatic heterocycles. The number of hydrogen-bond acceptors (Lipinski definition) is 2. The topological polar surface area (TPSA) is 33.0 Å². The molecule has 0 bridgehead atoms. The van der Waals surface area contributed by atoms with Crippen molar-refractivity contribution >= 4 is 5.69 Å². The maximum Gasteiger partial charge on any atom is 0.257 e. The Balaban J connectivity index is 2.41. The van der Waals surface area contributed by atoms with Gasteiger partial charge in [-0.1, -0.05) is 18.2 Å². The smallest absolute Gasteiger partial charge is 0.257 e. The summed E-state index contributed by atoms with van der Waals surface area (Å²) in [6, 6.07) is 11.5. The van der Waals surface area contributed by atoms with Gasteiger partial charge in [-0.2, -0.15) is 0 Å². The third kappa shape index (κ3) is 2.62. The molecule has 2 rings (SSSR count). The molecule has 2 aromatic rings. The van der Waals surface area contributed by atoms with Crippen molar-refractivity contribution in [1.82, 2.24) is 4.98 Å². The van der Waals surface area contributed by atoms with Gasteiger partial charge in [-0.15, -0.1) is 0 Å². The van der Waals surface area contributed by atoms with Crippen molar-refractivity contribution in [2.45, 2.75) is 26.3 Å². The van der Waals surface area contributed by atoms with Crippen LogP contribution in [-0.4, -0.2) is 15.3 Å². The fraction of sp³-hybridized carbons (Fsp3) is 0.267. The quantitative estimate of drug-likeness (QED) is 0.746. The molecule has 0 unspecified atom stereocenters. The van der Waals surface area contributed by atoms with Crippen molar-refractivity contribution in [3.63, 3.8) is 0 Å². The van der Waals surface area contributed by atoms with Gasteiger partial charge in [0.15, 0.2) is 0 Å². The Morgan fingerprint density at radius 1 is 1.06 bits per heavy atom. The molecule has 3 heteroatoms. The predicted molar refractivity (Wildman–Crippen MR) is 72.7 cm³/mol. The summed E-state index contributed by atoms with van der Waals surface area (Å²) in [5.74, 6) is 0. The molecule has 92 valence electrons. The summed E-state index contributed by atoms with van der Waals surface area (Å²) in [5.41, 5.74) is 2.25. The number of nitroso groups, excluding NO2 is 1. The van der Waals surface area contributed by atoms with Crippen LogP contribution < -0.4 is 0 Å². The van der Waals surface area contributed by atoms with Gasteiger partial charge in [0.1, 0.15) is 0 Å². The molecule has 0 N–H and O–H groups in total. The van der Waals surface area contributed by atoms with Gasteiger partial charge >= 0.3 is 0 Å². The molecule has 0 saturated carbocycles. The summed E-state index contributed by atoms with van der Waals surface area (Å²) in [6.45, 7) is 5.70. The molecule has 0 spiro atoms. The Hall–Kier alpha value is -2.03. The Labute approximate surface area is 107 Å². The summed E-state index contributed by atoms with van der Waals surface area (Å²) >= 11 is 0. The molecule has 1 heterocycles. The van der Waals surface area contributed by atoms with Crippen LogP contribution in [0.15, 0.2) is 48.8 Å². The molecule has 0 radical (unpaired) electrons. The number of benzene rings is 1. The van der Waals surface area contributed by atoms with Gasteiger partial charge < -0.3 is 0 Å². The largest absolute Gasteiger partial charge is 0.264 e. The molecule has 3 nitrogen and oxygen atoms in total. The van der Waals surface area contributed by atoms with Crippen LogP contribution in [-0.2, 0) is 0 Å². The van der Waals surface area contributed by atoms with Crippen molar-refractivity contribution in [3.05, 3.63) is 53.7 Å². The highest BCUT2D eigenvalue weighted by atomic mass is 16.3. The Morgan fingerprint density at radius 2 is 1.78 bits per heavy atom. The second kappa shape index (κ2) is 4.69. The highest BCUT2D eigenvalue weighted by molar-refractivity contribution is 5.64.